The Morgan fingerprint density at radius 3 is 1.45 bits per heavy atom. The van der Waals surface area contributed by atoms with Gasteiger partial charge in [-0.1, -0.05) is 12.1 Å². The first-order valence-electron chi connectivity index (χ1n) is 6.50. The van der Waals surface area contributed by atoms with Gasteiger partial charge in [-0.2, -0.15) is 0 Å². The molecule has 0 aromatic heterocycles. The first-order chi connectivity index (χ1) is 9.65. The smallest absolute Gasteiger partial charge is 0.165 e. The van der Waals surface area contributed by atoms with Crippen LogP contribution in [0.4, 0.5) is 8.78 Å². The Labute approximate surface area is 117 Å². The lowest BCUT2D eigenvalue weighted by atomic mass is 10.0. The van der Waals surface area contributed by atoms with E-state index in [0.717, 1.165) is 0 Å². The van der Waals surface area contributed by atoms with Gasteiger partial charge in [-0.3, -0.25) is 0 Å². The van der Waals surface area contributed by atoms with Crippen LogP contribution in [0.25, 0.3) is 11.1 Å². The fourth-order valence-corrected chi connectivity index (χ4v) is 1.91. The molecule has 0 aliphatic carbocycles. The Balaban J connectivity index is 2.32. The van der Waals surface area contributed by atoms with Crippen molar-refractivity contribution in [2.24, 2.45) is 0 Å². The summed E-state index contributed by atoms with van der Waals surface area (Å²) in [6.07, 6.45) is 0. The highest BCUT2D eigenvalue weighted by molar-refractivity contribution is 5.65. The van der Waals surface area contributed by atoms with Crippen molar-refractivity contribution in [2.75, 3.05) is 13.2 Å². The molecule has 20 heavy (non-hydrogen) atoms. The molecule has 0 saturated heterocycles. The van der Waals surface area contributed by atoms with E-state index in [-0.39, 0.29) is 11.5 Å². The summed E-state index contributed by atoms with van der Waals surface area (Å²) in [5, 5.41) is 0. The van der Waals surface area contributed by atoms with Gasteiger partial charge in [0.05, 0.1) is 13.2 Å². The highest BCUT2D eigenvalue weighted by Crippen LogP contribution is 2.28. The van der Waals surface area contributed by atoms with Crippen LogP contribution in [0, 0.1) is 11.6 Å². The number of hydrogen-bond donors (Lipinski definition) is 0. The van der Waals surface area contributed by atoms with E-state index >= 15 is 0 Å². The van der Waals surface area contributed by atoms with Crippen molar-refractivity contribution in [3.05, 3.63) is 48.0 Å². The maximum absolute atomic E-state index is 13.8. The third-order valence-electron chi connectivity index (χ3n) is 2.80. The molecule has 2 nitrogen and oxygen atoms in total. The molecule has 2 aromatic carbocycles. The molecule has 0 aliphatic rings. The van der Waals surface area contributed by atoms with Crippen LogP contribution < -0.4 is 9.47 Å². The minimum Gasteiger partial charge on any atom is -0.491 e. The summed E-state index contributed by atoms with van der Waals surface area (Å²) < 4.78 is 37.8. The van der Waals surface area contributed by atoms with Crippen LogP contribution in [0.1, 0.15) is 13.8 Å². The van der Waals surface area contributed by atoms with Crippen LogP contribution in [-0.2, 0) is 0 Å². The molecule has 0 heterocycles. The van der Waals surface area contributed by atoms with Crippen molar-refractivity contribution >= 4 is 0 Å². The van der Waals surface area contributed by atoms with Crippen LogP contribution in [0.5, 0.6) is 11.5 Å². The van der Waals surface area contributed by atoms with Gasteiger partial charge < -0.3 is 9.47 Å². The molecule has 0 bridgehead atoms. The van der Waals surface area contributed by atoms with Crippen molar-refractivity contribution in [1.82, 2.24) is 0 Å². The normalized spacial score (nSPS) is 10.4. The van der Waals surface area contributed by atoms with Crippen LogP contribution in [0.15, 0.2) is 36.4 Å². The van der Waals surface area contributed by atoms with Crippen LogP contribution >= 0.6 is 0 Å². The Morgan fingerprint density at radius 2 is 1.15 bits per heavy atom. The molecule has 0 saturated carbocycles. The predicted octanol–water partition coefficient (Wildman–Crippen LogP) is 4.43. The van der Waals surface area contributed by atoms with E-state index in [2.05, 4.69) is 0 Å². The molecular formula is C16H16F2O2. The second-order valence-electron chi connectivity index (χ2n) is 4.16. The van der Waals surface area contributed by atoms with Gasteiger partial charge in [-0.25, -0.2) is 8.78 Å². The minimum absolute atomic E-state index is 0.197. The van der Waals surface area contributed by atoms with E-state index in [0.29, 0.717) is 24.3 Å². The summed E-state index contributed by atoms with van der Waals surface area (Å²) in [5.41, 5.74) is 1.18. The molecular weight excluding hydrogens is 262 g/mol. The van der Waals surface area contributed by atoms with Gasteiger partial charge in [-0.15, -0.1) is 0 Å². The molecule has 2 rings (SSSR count). The van der Waals surface area contributed by atoms with E-state index in [1.165, 1.54) is 12.1 Å². The summed E-state index contributed by atoms with van der Waals surface area (Å²) >= 11 is 0. The molecule has 0 aliphatic heterocycles. The molecule has 0 radical (unpaired) electrons. The Bertz CT molecular complexity index is 544. The fraction of sp³-hybridized carbons (Fsp3) is 0.250. The van der Waals surface area contributed by atoms with Crippen LogP contribution in [0.3, 0.4) is 0 Å². The van der Waals surface area contributed by atoms with Gasteiger partial charge in [0, 0.05) is 0 Å². The van der Waals surface area contributed by atoms with Crippen molar-refractivity contribution in [1.29, 1.82) is 0 Å². The molecule has 0 fully saturated rings. The van der Waals surface area contributed by atoms with Crippen molar-refractivity contribution in [3.63, 3.8) is 0 Å². The fourth-order valence-electron chi connectivity index (χ4n) is 1.91. The van der Waals surface area contributed by atoms with Gasteiger partial charge in [0.1, 0.15) is 0 Å². The lowest BCUT2D eigenvalue weighted by Gasteiger charge is -2.09. The van der Waals surface area contributed by atoms with Crippen molar-refractivity contribution < 1.29 is 18.3 Å². The third-order valence-corrected chi connectivity index (χ3v) is 2.80. The number of ether oxygens (including phenoxy) is 2. The largest absolute Gasteiger partial charge is 0.491 e. The molecule has 0 amide bonds. The first-order valence-corrected chi connectivity index (χ1v) is 6.50. The van der Waals surface area contributed by atoms with E-state index in [1.54, 1.807) is 38.1 Å². The highest BCUT2D eigenvalue weighted by atomic mass is 19.1. The van der Waals surface area contributed by atoms with E-state index in [1.807, 2.05) is 0 Å². The summed E-state index contributed by atoms with van der Waals surface area (Å²) in [5.74, 6) is -0.525. The lowest BCUT2D eigenvalue weighted by molar-refractivity contribution is 0.321. The van der Waals surface area contributed by atoms with Gasteiger partial charge in [0.25, 0.3) is 0 Å². The molecule has 106 valence electrons. The van der Waals surface area contributed by atoms with Crippen LogP contribution in [-0.4, -0.2) is 13.2 Å². The average molecular weight is 278 g/mol. The summed E-state index contributed by atoms with van der Waals surface area (Å²) in [6, 6.07) is 9.15. The molecule has 2 aromatic rings. The third kappa shape index (κ3) is 3.07. The van der Waals surface area contributed by atoms with Gasteiger partial charge in [0.15, 0.2) is 23.1 Å². The minimum atomic E-state index is -0.460. The number of hydrogen-bond acceptors (Lipinski definition) is 2. The number of benzene rings is 2. The monoisotopic (exact) mass is 278 g/mol. The molecule has 0 spiro atoms. The topological polar surface area (TPSA) is 18.5 Å². The number of halogens is 2. The molecule has 0 unspecified atom stereocenters. The predicted molar refractivity (Wildman–Crippen MR) is 74.1 cm³/mol. The van der Waals surface area contributed by atoms with E-state index in [4.69, 9.17) is 9.47 Å². The molecule has 0 N–H and O–H groups in total. The van der Waals surface area contributed by atoms with Gasteiger partial charge in [0.2, 0.25) is 0 Å². The summed E-state index contributed by atoms with van der Waals surface area (Å²) in [7, 11) is 0. The Morgan fingerprint density at radius 1 is 0.750 bits per heavy atom. The molecule has 4 heteroatoms. The van der Waals surface area contributed by atoms with E-state index < -0.39 is 11.6 Å². The Kier molecular flexibility index (Phi) is 4.56. The van der Waals surface area contributed by atoms with Crippen molar-refractivity contribution in [2.45, 2.75) is 13.8 Å². The SMILES string of the molecule is CCOc1ccc(-c2ccc(OCC)c(F)c2)cc1F. The van der Waals surface area contributed by atoms with E-state index in [9.17, 15) is 8.78 Å². The number of rotatable bonds is 5. The average Bonchev–Trinajstić information content (AvgIpc) is 2.44. The summed E-state index contributed by atoms with van der Waals surface area (Å²) in [4.78, 5) is 0. The maximum atomic E-state index is 13.8. The van der Waals surface area contributed by atoms with Gasteiger partial charge in [-0.05, 0) is 49.2 Å². The first kappa shape index (κ1) is 14.3. The van der Waals surface area contributed by atoms with Gasteiger partial charge >= 0.3 is 0 Å². The lowest BCUT2D eigenvalue weighted by Crippen LogP contribution is -1.96. The van der Waals surface area contributed by atoms with Crippen LogP contribution in [0.2, 0.25) is 0 Å². The molecule has 0 atom stereocenters. The quantitative estimate of drug-likeness (QED) is 0.805. The second kappa shape index (κ2) is 6.37. The Hall–Kier alpha value is -2.10. The zero-order valence-corrected chi connectivity index (χ0v) is 11.5. The standard InChI is InChI=1S/C16H16F2O2/c1-3-19-15-7-5-11(9-13(15)17)12-6-8-16(20-4-2)14(18)10-12/h5-10H,3-4H2,1-2H3. The van der Waals surface area contributed by atoms with Crippen molar-refractivity contribution in [3.8, 4) is 22.6 Å². The second-order valence-corrected chi connectivity index (χ2v) is 4.16. The zero-order valence-electron chi connectivity index (χ0n) is 11.5. The maximum Gasteiger partial charge on any atom is 0.165 e. The summed E-state index contributed by atoms with van der Waals surface area (Å²) in [6.45, 7) is 4.37. The zero-order chi connectivity index (χ0) is 14.5. The highest BCUT2D eigenvalue weighted by Gasteiger charge is 2.09.